The summed E-state index contributed by atoms with van der Waals surface area (Å²) in [6.45, 7) is 4.09. The van der Waals surface area contributed by atoms with Gasteiger partial charge < -0.3 is 9.99 Å². The van der Waals surface area contributed by atoms with E-state index in [4.69, 9.17) is 4.74 Å². The molecule has 0 atom stereocenters. The van der Waals surface area contributed by atoms with Crippen LogP contribution in [0.3, 0.4) is 0 Å². The van der Waals surface area contributed by atoms with E-state index in [2.05, 4.69) is 4.58 Å². The van der Waals surface area contributed by atoms with Crippen LogP contribution in [0.1, 0.15) is 20.3 Å². The van der Waals surface area contributed by atoms with Crippen LogP contribution in [0.15, 0.2) is 0 Å². The molecule has 0 aliphatic rings. The summed E-state index contributed by atoms with van der Waals surface area (Å²) in [7, 11) is 0. The van der Waals surface area contributed by atoms with Gasteiger partial charge in [-0.05, 0) is 13.8 Å². The summed E-state index contributed by atoms with van der Waals surface area (Å²) >= 11 is 0. The molecule has 48 valence electrons. The highest BCUT2D eigenvalue weighted by atomic mass is 17.1. The van der Waals surface area contributed by atoms with E-state index >= 15 is 0 Å². The zero-order valence-corrected chi connectivity index (χ0v) is 5.14. The zero-order chi connectivity index (χ0) is 6.41. The topological polar surface area (TPSA) is 43.6 Å². The van der Waals surface area contributed by atoms with Crippen molar-refractivity contribution < 1.29 is 14.6 Å². The summed E-state index contributed by atoms with van der Waals surface area (Å²) in [5.74, 6) is 0.160. The van der Waals surface area contributed by atoms with Gasteiger partial charge in [-0.1, -0.05) is 0 Å². The summed E-state index contributed by atoms with van der Waals surface area (Å²) in [4.78, 5) is 0. The summed E-state index contributed by atoms with van der Waals surface area (Å²) in [6.07, 6.45) is 0.525. The predicted molar refractivity (Wildman–Crippen MR) is 26.9 cm³/mol. The number of esters is 1. The molecule has 0 heterocycles. The van der Waals surface area contributed by atoms with E-state index in [1.54, 1.807) is 13.8 Å². The summed E-state index contributed by atoms with van der Waals surface area (Å²) in [5, 5.41) is 9.59. The molecule has 0 amide bonds. The molecule has 0 fully saturated rings. The van der Waals surface area contributed by atoms with Crippen LogP contribution < -0.4 is 5.26 Å². The molecule has 3 heteroatoms. The minimum absolute atomic E-state index is 0.160. The smallest absolute Gasteiger partial charge is 0.496 e. The zero-order valence-electron chi connectivity index (χ0n) is 5.14. The first kappa shape index (κ1) is 7.27. The first-order valence-corrected chi connectivity index (χ1v) is 2.63. The molecule has 0 aliphatic carbocycles. The maximum atomic E-state index is 9.59. The lowest BCUT2D eigenvalue weighted by molar-refractivity contribution is -1.05. The van der Waals surface area contributed by atoms with Crippen molar-refractivity contribution in [2.75, 3.05) is 6.61 Å². The van der Waals surface area contributed by atoms with Crippen LogP contribution in [0.4, 0.5) is 0 Å². The van der Waals surface area contributed by atoms with Gasteiger partial charge in [-0.15, -0.1) is 0 Å². The van der Waals surface area contributed by atoms with E-state index in [1.165, 1.54) is 0 Å². The first-order chi connectivity index (χ1) is 3.85. The Kier molecular flexibility index (Phi) is 4.03. The first-order valence-electron chi connectivity index (χ1n) is 2.63. The minimum atomic E-state index is 0.160. The van der Waals surface area contributed by atoms with E-state index < -0.39 is 0 Å². The summed E-state index contributed by atoms with van der Waals surface area (Å²) in [5.41, 5.74) is 0. The van der Waals surface area contributed by atoms with Crippen LogP contribution in [0, 0.1) is 0 Å². The van der Waals surface area contributed by atoms with E-state index in [9.17, 15) is 5.26 Å². The SMILES string of the molecule is CCOC(CC)=[O+][O-]. The van der Waals surface area contributed by atoms with Crippen molar-refractivity contribution >= 4 is 5.97 Å². The van der Waals surface area contributed by atoms with Gasteiger partial charge in [0.05, 0.1) is 0 Å². The van der Waals surface area contributed by atoms with E-state index in [1.807, 2.05) is 0 Å². The van der Waals surface area contributed by atoms with Crippen LogP contribution in [0.2, 0.25) is 0 Å². The summed E-state index contributed by atoms with van der Waals surface area (Å²) in [6, 6.07) is 0. The fraction of sp³-hybridized carbons (Fsp3) is 0.800. The van der Waals surface area contributed by atoms with Crippen molar-refractivity contribution in [2.45, 2.75) is 20.3 Å². The van der Waals surface area contributed by atoms with Crippen molar-refractivity contribution in [3.63, 3.8) is 0 Å². The molecule has 0 aromatic heterocycles. The van der Waals surface area contributed by atoms with E-state index in [0.29, 0.717) is 13.0 Å². The maximum absolute atomic E-state index is 9.59. The highest BCUT2D eigenvalue weighted by molar-refractivity contribution is 5.68. The molecule has 0 unspecified atom stereocenters. The molecule has 0 spiro atoms. The van der Waals surface area contributed by atoms with Crippen LogP contribution in [0.5, 0.6) is 0 Å². The molecule has 0 saturated heterocycles. The highest BCUT2D eigenvalue weighted by Gasteiger charge is 2.05. The lowest BCUT2D eigenvalue weighted by Gasteiger charge is -1.88. The second kappa shape index (κ2) is 4.43. The molecule has 0 radical (unpaired) electrons. The van der Waals surface area contributed by atoms with Crippen molar-refractivity contribution in [3.05, 3.63) is 0 Å². The van der Waals surface area contributed by atoms with Crippen LogP contribution >= 0.6 is 0 Å². The number of ether oxygens (including phenoxy) is 1. The van der Waals surface area contributed by atoms with Gasteiger partial charge in [0.1, 0.15) is 6.42 Å². The minimum Gasteiger partial charge on any atom is -0.588 e. The Balaban J connectivity index is 3.38. The molecule has 0 aromatic rings. The standard InChI is InChI=1S/C5H10O3/c1-3-5(8-6)7-4-2/h3-4H2,1-2H3. The Bertz CT molecular complexity index is 77.7. The van der Waals surface area contributed by atoms with Gasteiger partial charge in [0.15, 0.2) is 6.61 Å². The quantitative estimate of drug-likeness (QED) is 0.217. The van der Waals surface area contributed by atoms with E-state index in [-0.39, 0.29) is 5.97 Å². The van der Waals surface area contributed by atoms with Crippen molar-refractivity contribution in [3.8, 4) is 0 Å². The highest BCUT2D eigenvalue weighted by Crippen LogP contribution is 1.82. The lowest BCUT2D eigenvalue weighted by Crippen LogP contribution is -2.12. The van der Waals surface area contributed by atoms with Crippen molar-refractivity contribution in [1.29, 1.82) is 0 Å². The van der Waals surface area contributed by atoms with Crippen molar-refractivity contribution in [1.82, 2.24) is 0 Å². The summed E-state index contributed by atoms with van der Waals surface area (Å²) < 4.78 is 8.31. The second-order valence-electron chi connectivity index (χ2n) is 1.24. The monoisotopic (exact) mass is 118 g/mol. The Morgan fingerprint density at radius 2 is 2.25 bits per heavy atom. The van der Waals surface area contributed by atoms with Crippen molar-refractivity contribution in [2.24, 2.45) is 0 Å². The molecule has 0 rings (SSSR count). The van der Waals surface area contributed by atoms with Gasteiger partial charge in [-0.3, -0.25) is 4.58 Å². The second-order valence-corrected chi connectivity index (χ2v) is 1.24. The third-order valence-electron chi connectivity index (χ3n) is 0.687. The molecule has 8 heavy (non-hydrogen) atoms. The third kappa shape index (κ3) is 2.44. The molecular formula is C5H10O3. The Morgan fingerprint density at radius 3 is 2.38 bits per heavy atom. The van der Waals surface area contributed by atoms with Gasteiger partial charge in [0.25, 0.3) is 0 Å². The number of hydrogen-bond donors (Lipinski definition) is 0. The van der Waals surface area contributed by atoms with Gasteiger partial charge in [-0.25, -0.2) is 0 Å². The molecule has 0 aliphatic heterocycles. The molecule has 0 saturated carbocycles. The fourth-order valence-corrected chi connectivity index (χ4v) is 0.346. The Hall–Kier alpha value is -0.730. The lowest BCUT2D eigenvalue weighted by atomic mass is 10.5. The molecule has 0 aromatic carbocycles. The van der Waals surface area contributed by atoms with Gasteiger partial charge in [0.2, 0.25) is 0 Å². The van der Waals surface area contributed by atoms with E-state index in [0.717, 1.165) is 0 Å². The van der Waals surface area contributed by atoms with Gasteiger partial charge in [-0.2, -0.15) is 0 Å². The van der Waals surface area contributed by atoms with Gasteiger partial charge in [0, 0.05) is 0 Å². The number of rotatable bonds is 2. The average Bonchev–Trinajstić information content (AvgIpc) is 1.83. The molecular weight excluding hydrogens is 108 g/mol. The normalized spacial score (nSPS) is 11.5. The maximum Gasteiger partial charge on any atom is 0.496 e. The van der Waals surface area contributed by atoms with Gasteiger partial charge >= 0.3 is 5.97 Å². The third-order valence-corrected chi connectivity index (χ3v) is 0.687. The molecule has 3 nitrogen and oxygen atoms in total. The number of carbonyl (C=O) groups excluding carboxylic acids is 1. The fourth-order valence-electron chi connectivity index (χ4n) is 0.346. The largest absolute Gasteiger partial charge is 0.588 e. The average molecular weight is 118 g/mol. The van der Waals surface area contributed by atoms with Crippen LogP contribution in [-0.4, -0.2) is 12.6 Å². The van der Waals surface area contributed by atoms with Crippen LogP contribution in [-0.2, 0) is 9.31 Å². The Labute approximate surface area is 48.5 Å². The number of hydrogen-bond acceptors (Lipinski definition) is 2. The molecule has 0 bridgehead atoms. The Morgan fingerprint density at radius 1 is 1.62 bits per heavy atom. The van der Waals surface area contributed by atoms with Crippen LogP contribution in [0.25, 0.3) is 0 Å². The predicted octanol–water partition coefficient (Wildman–Crippen LogP) is -0.230. The molecule has 0 N–H and O–H groups in total.